The van der Waals surface area contributed by atoms with Crippen molar-refractivity contribution in [3.05, 3.63) is 34.9 Å². The van der Waals surface area contributed by atoms with Crippen LogP contribution in [0.4, 0.5) is 0 Å². The summed E-state index contributed by atoms with van der Waals surface area (Å²) < 4.78 is 0. The lowest BCUT2D eigenvalue weighted by Crippen LogP contribution is -2.44. The Morgan fingerprint density at radius 2 is 1.71 bits per heavy atom. The Hall–Kier alpha value is -0.530. The van der Waals surface area contributed by atoms with Crippen LogP contribution >= 0.6 is 35.6 Å². The maximum atomic E-state index is 5.86. The third-order valence-corrected chi connectivity index (χ3v) is 2.92. The van der Waals surface area contributed by atoms with E-state index in [4.69, 9.17) is 11.6 Å². The van der Waals surface area contributed by atoms with Crippen LogP contribution in [0.3, 0.4) is 0 Å². The van der Waals surface area contributed by atoms with Crippen molar-refractivity contribution in [1.82, 2.24) is 16.0 Å². The molecule has 21 heavy (non-hydrogen) atoms. The van der Waals surface area contributed by atoms with Crippen LogP contribution < -0.4 is 16.0 Å². The van der Waals surface area contributed by atoms with Crippen molar-refractivity contribution in [3.8, 4) is 0 Å². The summed E-state index contributed by atoms with van der Waals surface area (Å²) in [7, 11) is 1.77. The first-order valence-electron chi connectivity index (χ1n) is 6.85. The molecule has 0 bridgehead atoms. The molecule has 6 heteroatoms. The van der Waals surface area contributed by atoms with Gasteiger partial charge in [-0.25, -0.2) is 0 Å². The number of hydrogen-bond donors (Lipinski definition) is 3. The molecule has 0 saturated carbocycles. The summed E-state index contributed by atoms with van der Waals surface area (Å²) in [5.74, 6) is 0.802. The molecule has 0 unspecified atom stereocenters. The van der Waals surface area contributed by atoms with Crippen molar-refractivity contribution in [2.24, 2.45) is 4.99 Å². The first-order chi connectivity index (χ1) is 9.40. The van der Waals surface area contributed by atoms with E-state index in [1.54, 1.807) is 7.05 Å². The number of rotatable bonds is 5. The molecule has 3 N–H and O–H groups in total. The summed E-state index contributed by atoms with van der Waals surface area (Å²) in [6.45, 7) is 8.91. The predicted octanol–water partition coefficient (Wildman–Crippen LogP) is 3.01. The van der Waals surface area contributed by atoms with E-state index in [9.17, 15) is 0 Å². The highest BCUT2D eigenvalue weighted by Crippen LogP contribution is 2.08. The molecule has 0 aromatic heterocycles. The monoisotopic (exact) mass is 424 g/mol. The molecule has 120 valence electrons. The van der Waals surface area contributed by atoms with Gasteiger partial charge in [0.05, 0.1) is 0 Å². The maximum absolute atomic E-state index is 5.86. The molecule has 0 fully saturated rings. The smallest absolute Gasteiger partial charge is 0.191 e. The molecular formula is C15H26ClIN4. The van der Waals surface area contributed by atoms with Gasteiger partial charge in [-0.1, -0.05) is 23.7 Å². The Morgan fingerprint density at radius 1 is 1.10 bits per heavy atom. The summed E-state index contributed by atoms with van der Waals surface area (Å²) in [5.41, 5.74) is 1.31. The summed E-state index contributed by atoms with van der Waals surface area (Å²) in [4.78, 5) is 4.20. The molecule has 0 aliphatic carbocycles. The lowest BCUT2D eigenvalue weighted by atomic mass is 10.1. The van der Waals surface area contributed by atoms with E-state index in [-0.39, 0.29) is 29.5 Å². The first kappa shape index (κ1) is 20.5. The fraction of sp³-hybridized carbons (Fsp3) is 0.533. The number of halogens is 2. The second kappa shape index (κ2) is 10.2. The number of nitrogens with one attached hydrogen (secondary N) is 3. The molecule has 0 heterocycles. The van der Waals surface area contributed by atoms with Gasteiger partial charge in [-0.3, -0.25) is 4.99 Å². The number of guanidine groups is 1. The second-order valence-electron chi connectivity index (χ2n) is 5.66. The third-order valence-electron chi connectivity index (χ3n) is 2.67. The number of hydrogen-bond acceptors (Lipinski definition) is 2. The normalized spacial score (nSPS) is 11.8. The molecule has 1 aromatic rings. The van der Waals surface area contributed by atoms with Crippen molar-refractivity contribution in [3.63, 3.8) is 0 Å². The maximum Gasteiger partial charge on any atom is 0.191 e. The van der Waals surface area contributed by atoms with Crippen molar-refractivity contribution in [2.45, 2.75) is 32.9 Å². The first-order valence-corrected chi connectivity index (χ1v) is 7.22. The van der Waals surface area contributed by atoms with Crippen molar-refractivity contribution in [1.29, 1.82) is 0 Å². The quantitative estimate of drug-likeness (QED) is 0.295. The minimum atomic E-state index is 0. The average Bonchev–Trinajstić information content (AvgIpc) is 2.39. The van der Waals surface area contributed by atoms with Gasteiger partial charge >= 0.3 is 0 Å². The van der Waals surface area contributed by atoms with Gasteiger partial charge in [0.25, 0.3) is 0 Å². The molecule has 0 saturated heterocycles. The van der Waals surface area contributed by atoms with Crippen molar-refractivity contribution >= 4 is 41.5 Å². The molecule has 0 aliphatic rings. The van der Waals surface area contributed by atoms with E-state index in [1.165, 1.54) is 5.56 Å². The van der Waals surface area contributed by atoms with Gasteiger partial charge < -0.3 is 16.0 Å². The average molecular weight is 425 g/mol. The van der Waals surface area contributed by atoms with E-state index in [1.807, 2.05) is 24.3 Å². The van der Waals surface area contributed by atoms with Crippen LogP contribution in [0.1, 0.15) is 26.3 Å². The van der Waals surface area contributed by atoms with Crippen LogP contribution in [0.25, 0.3) is 0 Å². The zero-order valence-electron chi connectivity index (χ0n) is 13.2. The van der Waals surface area contributed by atoms with E-state index >= 15 is 0 Å². The third kappa shape index (κ3) is 9.92. The zero-order valence-corrected chi connectivity index (χ0v) is 16.3. The van der Waals surface area contributed by atoms with Crippen molar-refractivity contribution < 1.29 is 0 Å². The van der Waals surface area contributed by atoms with Gasteiger partial charge in [-0.15, -0.1) is 24.0 Å². The fourth-order valence-electron chi connectivity index (χ4n) is 1.63. The highest BCUT2D eigenvalue weighted by Gasteiger charge is 2.07. The summed E-state index contributed by atoms with van der Waals surface area (Å²) >= 11 is 5.86. The van der Waals surface area contributed by atoms with Gasteiger partial charge in [0, 0.05) is 37.2 Å². The van der Waals surface area contributed by atoms with Gasteiger partial charge in [-0.05, 0) is 38.5 Å². The van der Waals surface area contributed by atoms with Crippen LogP contribution in [-0.4, -0.2) is 31.6 Å². The number of aliphatic imine (C=N–C) groups is 1. The van der Waals surface area contributed by atoms with E-state index in [0.29, 0.717) is 0 Å². The standard InChI is InChI=1S/C15H25ClN4.HI/c1-15(2,3)20-10-9-18-14(17-4)19-11-12-5-7-13(16)8-6-12;/h5-8,20H,9-11H2,1-4H3,(H2,17,18,19);1H. The summed E-state index contributed by atoms with van der Waals surface area (Å²) in [5, 5.41) is 10.7. The van der Waals surface area contributed by atoms with Crippen LogP contribution in [0.15, 0.2) is 29.3 Å². The highest BCUT2D eigenvalue weighted by molar-refractivity contribution is 14.0. The Balaban J connectivity index is 0.00000400. The summed E-state index contributed by atoms with van der Waals surface area (Å²) in [6, 6.07) is 7.79. The molecule has 0 aliphatic heterocycles. The molecule has 1 aromatic carbocycles. The van der Waals surface area contributed by atoms with Crippen LogP contribution in [0.5, 0.6) is 0 Å². The molecule has 0 spiro atoms. The topological polar surface area (TPSA) is 48.5 Å². The summed E-state index contributed by atoms with van der Waals surface area (Å²) in [6.07, 6.45) is 0. The lowest BCUT2D eigenvalue weighted by Gasteiger charge is -2.21. The lowest BCUT2D eigenvalue weighted by molar-refractivity contribution is 0.428. The number of benzene rings is 1. The van der Waals surface area contributed by atoms with Crippen LogP contribution in [0, 0.1) is 0 Å². The predicted molar refractivity (Wildman–Crippen MR) is 103 cm³/mol. The Bertz CT molecular complexity index is 426. The zero-order chi connectivity index (χ0) is 15.0. The largest absolute Gasteiger partial charge is 0.355 e. The van der Waals surface area contributed by atoms with Gasteiger partial charge in [0.2, 0.25) is 0 Å². The van der Waals surface area contributed by atoms with E-state index in [0.717, 1.165) is 30.6 Å². The minimum absolute atomic E-state index is 0. The molecule has 1 rings (SSSR count). The van der Waals surface area contributed by atoms with Crippen LogP contribution in [-0.2, 0) is 6.54 Å². The molecular weight excluding hydrogens is 399 g/mol. The van der Waals surface area contributed by atoms with Gasteiger partial charge in [0.15, 0.2) is 5.96 Å². The van der Waals surface area contributed by atoms with Gasteiger partial charge in [-0.2, -0.15) is 0 Å². The number of nitrogens with zero attached hydrogens (tertiary/aromatic N) is 1. The Labute approximate surface area is 150 Å². The molecule has 0 radical (unpaired) electrons. The highest BCUT2D eigenvalue weighted by atomic mass is 127. The van der Waals surface area contributed by atoms with E-state index < -0.39 is 0 Å². The van der Waals surface area contributed by atoms with Gasteiger partial charge in [0.1, 0.15) is 0 Å². The molecule has 0 amide bonds. The Kier molecular flexibility index (Phi) is 9.98. The van der Waals surface area contributed by atoms with Crippen molar-refractivity contribution in [2.75, 3.05) is 20.1 Å². The molecule has 0 atom stereocenters. The van der Waals surface area contributed by atoms with Crippen LogP contribution in [0.2, 0.25) is 5.02 Å². The minimum Gasteiger partial charge on any atom is -0.355 e. The molecule has 4 nitrogen and oxygen atoms in total. The fourth-order valence-corrected chi connectivity index (χ4v) is 1.75. The second-order valence-corrected chi connectivity index (χ2v) is 6.09. The Morgan fingerprint density at radius 3 is 2.24 bits per heavy atom. The SMILES string of the molecule is CN=C(NCCNC(C)(C)C)NCc1ccc(Cl)cc1.I. The van der Waals surface area contributed by atoms with E-state index in [2.05, 4.69) is 41.7 Å².